The van der Waals surface area contributed by atoms with Gasteiger partial charge in [-0.15, -0.1) is 0 Å². The summed E-state index contributed by atoms with van der Waals surface area (Å²) in [5.41, 5.74) is 1.80. The molecule has 0 saturated heterocycles. The van der Waals surface area contributed by atoms with E-state index >= 15 is 0 Å². The number of carboxylic acid groups (broad SMARTS) is 1. The summed E-state index contributed by atoms with van der Waals surface area (Å²) in [4.78, 5) is 14.9. The summed E-state index contributed by atoms with van der Waals surface area (Å²) in [6.07, 6.45) is 1.63. The van der Waals surface area contributed by atoms with Crippen molar-refractivity contribution in [1.82, 2.24) is 4.98 Å². The molecule has 0 fully saturated rings. The Labute approximate surface area is 115 Å². The Balaban J connectivity index is 2.07. The highest BCUT2D eigenvalue weighted by Gasteiger charge is 2.07. The summed E-state index contributed by atoms with van der Waals surface area (Å²) in [6, 6.07) is 8.23. The van der Waals surface area contributed by atoms with Crippen LogP contribution < -0.4 is 4.74 Å². The molecule has 2 aromatic rings. The molecule has 98 valence electrons. The number of carbonyl (C=O) groups is 1. The number of nitrogens with zero attached hydrogens (tertiary/aromatic N) is 1. The molecular weight excluding hydrogens is 266 g/mol. The van der Waals surface area contributed by atoms with Gasteiger partial charge < -0.3 is 9.84 Å². The molecule has 0 saturated carbocycles. The van der Waals surface area contributed by atoms with E-state index in [1.54, 1.807) is 12.3 Å². The van der Waals surface area contributed by atoms with Crippen molar-refractivity contribution in [3.05, 3.63) is 58.4 Å². The zero-order valence-electron chi connectivity index (χ0n) is 10.3. The molecule has 5 heteroatoms. The molecule has 0 aliphatic heterocycles. The van der Waals surface area contributed by atoms with Crippen molar-refractivity contribution in [2.24, 2.45) is 0 Å². The summed E-state index contributed by atoms with van der Waals surface area (Å²) in [7, 11) is 0. The molecule has 0 aliphatic carbocycles. The highest BCUT2D eigenvalue weighted by atomic mass is 35.5. The average Bonchev–Trinajstić information content (AvgIpc) is 2.39. The van der Waals surface area contributed by atoms with Crippen LogP contribution in [0.5, 0.6) is 5.75 Å². The number of aryl methyl sites for hydroxylation is 1. The number of aromatic carboxylic acids is 1. The molecule has 1 aromatic heterocycles. The van der Waals surface area contributed by atoms with Gasteiger partial charge in [-0.3, -0.25) is 4.98 Å². The number of aromatic nitrogens is 1. The predicted octanol–water partition coefficient (Wildman–Crippen LogP) is 3.32. The van der Waals surface area contributed by atoms with Crippen LogP contribution in [0.25, 0.3) is 0 Å². The second-order valence-corrected chi connectivity index (χ2v) is 4.44. The number of pyridine rings is 1. The smallest absolute Gasteiger partial charge is 0.335 e. The maximum Gasteiger partial charge on any atom is 0.335 e. The third kappa shape index (κ3) is 3.45. The maximum atomic E-state index is 10.8. The van der Waals surface area contributed by atoms with Crippen LogP contribution >= 0.6 is 11.6 Å². The molecule has 0 spiro atoms. The summed E-state index contributed by atoms with van der Waals surface area (Å²) in [6.45, 7) is 2.16. The van der Waals surface area contributed by atoms with Gasteiger partial charge in [0.2, 0.25) is 0 Å². The van der Waals surface area contributed by atoms with Gasteiger partial charge in [-0.1, -0.05) is 17.7 Å². The lowest BCUT2D eigenvalue weighted by Gasteiger charge is -2.08. The minimum atomic E-state index is -1.00. The molecular formula is C14H12ClNO3. The maximum absolute atomic E-state index is 10.8. The van der Waals surface area contributed by atoms with Crippen LogP contribution in [0.4, 0.5) is 0 Å². The second-order valence-electron chi connectivity index (χ2n) is 4.04. The van der Waals surface area contributed by atoms with Crippen LogP contribution in [0.1, 0.15) is 21.6 Å². The van der Waals surface area contributed by atoms with Gasteiger partial charge in [-0.05, 0) is 31.2 Å². The van der Waals surface area contributed by atoms with E-state index in [1.165, 1.54) is 12.1 Å². The fourth-order valence-corrected chi connectivity index (χ4v) is 1.73. The van der Waals surface area contributed by atoms with E-state index in [1.807, 2.05) is 19.1 Å². The van der Waals surface area contributed by atoms with E-state index in [2.05, 4.69) is 4.98 Å². The summed E-state index contributed by atoms with van der Waals surface area (Å²) >= 11 is 6.01. The van der Waals surface area contributed by atoms with Crippen LogP contribution in [-0.4, -0.2) is 16.1 Å². The second kappa shape index (κ2) is 5.71. The van der Waals surface area contributed by atoms with Gasteiger partial charge in [-0.25, -0.2) is 4.79 Å². The number of halogens is 1. The molecule has 0 unspecified atom stereocenters. The first-order valence-corrected chi connectivity index (χ1v) is 6.01. The van der Waals surface area contributed by atoms with Crippen molar-refractivity contribution in [1.29, 1.82) is 0 Å². The topological polar surface area (TPSA) is 59.4 Å². The number of ether oxygens (including phenoxy) is 1. The van der Waals surface area contributed by atoms with Gasteiger partial charge in [-0.2, -0.15) is 0 Å². The molecule has 19 heavy (non-hydrogen) atoms. The van der Waals surface area contributed by atoms with Crippen LogP contribution in [0.2, 0.25) is 5.02 Å². The molecule has 2 rings (SSSR count). The Morgan fingerprint density at radius 1 is 1.37 bits per heavy atom. The average molecular weight is 278 g/mol. The van der Waals surface area contributed by atoms with Crippen molar-refractivity contribution < 1.29 is 14.6 Å². The van der Waals surface area contributed by atoms with Crippen molar-refractivity contribution >= 4 is 17.6 Å². The van der Waals surface area contributed by atoms with Gasteiger partial charge >= 0.3 is 5.97 Å². The Morgan fingerprint density at radius 2 is 2.16 bits per heavy atom. The van der Waals surface area contributed by atoms with E-state index < -0.39 is 5.97 Å². The van der Waals surface area contributed by atoms with Gasteiger partial charge in [0.15, 0.2) is 0 Å². The van der Waals surface area contributed by atoms with Crippen LogP contribution in [0, 0.1) is 6.92 Å². The summed E-state index contributed by atoms with van der Waals surface area (Å²) < 4.78 is 5.53. The largest absolute Gasteiger partial charge is 0.487 e. The molecule has 0 amide bonds. The highest BCUT2D eigenvalue weighted by Crippen LogP contribution is 2.20. The first-order valence-electron chi connectivity index (χ1n) is 5.63. The lowest BCUT2D eigenvalue weighted by molar-refractivity contribution is 0.0697. The van der Waals surface area contributed by atoms with E-state index in [0.29, 0.717) is 10.8 Å². The molecule has 1 heterocycles. The van der Waals surface area contributed by atoms with Crippen molar-refractivity contribution in [2.45, 2.75) is 13.5 Å². The monoisotopic (exact) mass is 277 g/mol. The fourth-order valence-electron chi connectivity index (χ4n) is 1.50. The first kappa shape index (κ1) is 13.4. The number of hydrogen-bond donors (Lipinski definition) is 1. The van der Waals surface area contributed by atoms with Crippen LogP contribution in [-0.2, 0) is 6.61 Å². The Bertz CT molecular complexity index is 596. The molecule has 1 N–H and O–H groups in total. The molecule has 0 radical (unpaired) electrons. The first-order chi connectivity index (χ1) is 9.06. The van der Waals surface area contributed by atoms with Gasteiger partial charge in [0, 0.05) is 16.3 Å². The SMILES string of the molecule is Cc1ccc(OCc2ccc(C(=O)O)cc2Cl)cn1. The van der Waals surface area contributed by atoms with Gasteiger partial charge in [0.05, 0.1) is 11.8 Å². The highest BCUT2D eigenvalue weighted by molar-refractivity contribution is 6.31. The number of hydrogen-bond acceptors (Lipinski definition) is 3. The standard InChI is InChI=1S/C14H12ClNO3/c1-9-2-5-12(7-16-9)19-8-11-4-3-10(14(17)18)6-13(11)15/h2-7H,8H2,1H3,(H,17,18). The van der Waals surface area contributed by atoms with Crippen LogP contribution in [0.15, 0.2) is 36.5 Å². The summed E-state index contributed by atoms with van der Waals surface area (Å²) in [5.74, 6) is -0.360. The molecule has 0 aliphatic rings. The third-order valence-corrected chi connectivity index (χ3v) is 2.93. The Kier molecular flexibility index (Phi) is 4.02. The quantitative estimate of drug-likeness (QED) is 0.931. The van der Waals surface area contributed by atoms with E-state index in [-0.39, 0.29) is 12.2 Å². The lowest BCUT2D eigenvalue weighted by atomic mass is 10.1. The van der Waals surface area contributed by atoms with E-state index in [4.69, 9.17) is 21.4 Å². The molecule has 1 aromatic carbocycles. The van der Waals surface area contributed by atoms with Crippen molar-refractivity contribution in [3.63, 3.8) is 0 Å². The fraction of sp³-hybridized carbons (Fsp3) is 0.143. The van der Waals surface area contributed by atoms with Crippen LogP contribution in [0.3, 0.4) is 0 Å². The van der Waals surface area contributed by atoms with E-state index in [9.17, 15) is 4.79 Å². The summed E-state index contributed by atoms with van der Waals surface area (Å²) in [5, 5.41) is 9.21. The molecule has 0 atom stereocenters. The normalized spacial score (nSPS) is 10.2. The zero-order valence-corrected chi connectivity index (χ0v) is 11.0. The Hall–Kier alpha value is -2.07. The van der Waals surface area contributed by atoms with E-state index in [0.717, 1.165) is 11.3 Å². The molecule has 4 nitrogen and oxygen atoms in total. The minimum Gasteiger partial charge on any atom is -0.487 e. The molecule has 0 bridgehead atoms. The van der Waals surface area contributed by atoms with Gasteiger partial charge in [0.1, 0.15) is 12.4 Å². The third-order valence-electron chi connectivity index (χ3n) is 2.58. The number of rotatable bonds is 4. The number of benzene rings is 1. The predicted molar refractivity (Wildman–Crippen MR) is 71.7 cm³/mol. The van der Waals surface area contributed by atoms with Crippen molar-refractivity contribution in [2.75, 3.05) is 0 Å². The van der Waals surface area contributed by atoms with Crippen molar-refractivity contribution in [3.8, 4) is 5.75 Å². The van der Waals surface area contributed by atoms with Gasteiger partial charge in [0.25, 0.3) is 0 Å². The Morgan fingerprint density at radius 3 is 2.74 bits per heavy atom. The number of carboxylic acids is 1. The zero-order chi connectivity index (χ0) is 13.8. The minimum absolute atomic E-state index is 0.158. The lowest BCUT2D eigenvalue weighted by Crippen LogP contribution is -2.00.